The minimum absolute atomic E-state index is 0.125. The number of anilines is 1. The molecule has 0 aliphatic rings. The van der Waals surface area contributed by atoms with Gasteiger partial charge in [0.25, 0.3) is 0 Å². The van der Waals surface area contributed by atoms with Crippen molar-refractivity contribution in [1.82, 2.24) is 0 Å². The number of amides is 1. The van der Waals surface area contributed by atoms with E-state index in [9.17, 15) is 9.36 Å². The fraction of sp³-hybridized carbons (Fsp3) is 0.222. The molecule has 3 aromatic rings. The number of hydrogen-bond donors (Lipinski definition) is 2. The molecule has 0 radical (unpaired) electrons. The minimum atomic E-state index is -0.363. The van der Waals surface area contributed by atoms with Crippen molar-refractivity contribution in [2.75, 3.05) is 5.32 Å². The Labute approximate surface area is 191 Å². The maximum Gasteiger partial charge on any atom is 0.248 e. The van der Waals surface area contributed by atoms with Gasteiger partial charge in [0.2, 0.25) is 5.91 Å². The number of nitrogens with two attached hydrogens (primary N) is 1. The van der Waals surface area contributed by atoms with Gasteiger partial charge in [-0.15, -0.1) is 0 Å². The first-order chi connectivity index (χ1) is 15.5. The number of nitrogens with one attached hydrogen (secondary N) is 1. The molecule has 0 saturated heterocycles. The second-order valence-corrected chi connectivity index (χ2v) is 8.80. The first-order valence-electron chi connectivity index (χ1n) is 10.9. The van der Waals surface area contributed by atoms with Crippen LogP contribution >= 0.6 is 8.46 Å². The SMILES string of the molecule is CCC(CC)(P=O)c1ccc(NC(=O)/C=C/c2cccc(-c3ccc(CN)cc3)c2)cc1. The van der Waals surface area contributed by atoms with Crippen molar-refractivity contribution in [3.63, 3.8) is 0 Å². The Morgan fingerprint density at radius 3 is 2.25 bits per heavy atom. The lowest BCUT2D eigenvalue weighted by Gasteiger charge is -2.24. The molecule has 3 aromatic carbocycles. The maximum absolute atomic E-state index is 12.4. The van der Waals surface area contributed by atoms with Crippen molar-refractivity contribution in [3.8, 4) is 11.1 Å². The van der Waals surface area contributed by atoms with E-state index in [0.29, 0.717) is 12.2 Å². The number of benzene rings is 3. The molecule has 3 rings (SSSR count). The quantitative estimate of drug-likeness (QED) is 0.282. The lowest BCUT2D eigenvalue weighted by molar-refractivity contribution is -0.111. The maximum atomic E-state index is 12.4. The molecule has 0 atom stereocenters. The molecule has 0 unspecified atom stereocenters. The minimum Gasteiger partial charge on any atom is -0.326 e. The summed E-state index contributed by atoms with van der Waals surface area (Å²) in [5.41, 5.74) is 11.6. The lowest BCUT2D eigenvalue weighted by atomic mass is 9.92. The third-order valence-corrected chi connectivity index (χ3v) is 7.11. The summed E-state index contributed by atoms with van der Waals surface area (Å²) in [6.45, 7) is 4.61. The molecule has 0 aromatic heterocycles. The Morgan fingerprint density at radius 1 is 0.969 bits per heavy atom. The van der Waals surface area contributed by atoms with Crippen LogP contribution in [0, 0.1) is 0 Å². The van der Waals surface area contributed by atoms with Crippen LogP contribution in [0.3, 0.4) is 0 Å². The summed E-state index contributed by atoms with van der Waals surface area (Å²) in [4.78, 5) is 12.4. The zero-order valence-corrected chi connectivity index (χ0v) is 19.4. The highest BCUT2D eigenvalue weighted by Crippen LogP contribution is 2.41. The third-order valence-electron chi connectivity index (χ3n) is 5.87. The van der Waals surface area contributed by atoms with Gasteiger partial charge in [-0.3, -0.25) is 9.36 Å². The predicted octanol–water partition coefficient (Wildman–Crippen LogP) is 6.77. The number of carbonyl (C=O) groups excluding carboxylic acids is 1. The first kappa shape index (κ1) is 23.6. The van der Waals surface area contributed by atoms with E-state index in [0.717, 1.165) is 40.7 Å². The molecule has 4 nitrogen and oxygen atoms in total. The molecule has 32 heavy (non-hydrogen) atoms. The van der Waals surface area contributed by atoms with Crippen molar-refractivity contribution in [3.05, 3.63) is 95.6 Å². The van der Waals surface area contributed by atoms with Crippen molar-refractivity contribution in [2.45, 2.75) is 38.4 Å². The molecular weight excluding hydrogens is 415 g/mol. The Bertz CT molecular complexity index is 1090. The molecule has 0 spiro atoms. The van der Waals surface area contributed by atoms with Gasteiger partial charge in [0.05, 0.1) is 5.16 Å². The summed E-state index contributed by atoms with van der Waals surface area (Å²) < 4.78 is 11.7. The van der Waals surface area contributed by atoms with Gasteiger partial charge in [-0.2, -0.15) is 0 Å². The highest BCUT2D eigenvalue weighted by Gasteiger charge is 2.29. The summed E-state index contributed by atoms with van der Waals surface area (Å²) >= 11 is 0. The average molecular weight is 445 g/mol. The lowest BCUT2D eigenvalue weighted by Crippen LogP contribution is -2.16. The molecule has 3 N–H and O–H groups in total. The average Bonchev–Trinajstić information content (AvgIpc) is 2.85. The standard InChI is InChI=1S/C27H29N2O2P/c1-3-27(4-2,32-31)24-13-15-25(16-14-24)29-26(30)17-10-20-6-5-7-23(18-20)22-11-8-21(19-28)9-12-22/h5-18H,3-4,19,28H2,1-2H3,(H,29,30)/b17-10+. The van der Waals surface area contributed by atoms with Crippen LogP contribution in [0.15, 0.2) is 78.9 Å². The largest absolute Gasteiger partial charge is 0.326 e. The second-order valence-electron chi connectivity index (χ2n) is 7.76. The van der Waals surface area contributed by atoms with Gasteiger partial charge in [0.15, 0.2) is 8.46 Å². The highest BCUT2D eigenvalue weighted by molar-refractivity contribution is 7.25. The summed E-state index contributed by atoms with van der Waals surface area (Å²) in [7, 11) is 0.125. The van der Waals surface area contributed by atoms with Crippen molar-refractivity contribution in [1.29, 1.82) is 0 Å². The Balaban J connectivity index is 1.67. The molecule has 0 fully saturated rings. The van der Waals surface area contributed by atoms with E-state index >= 15 is 0 Å². The van der Waals surface area contributed by atoms with E-state index in [4.69, 9.17) is 5.73 Å². The van der Waals surface area contributed by atoms with E-state index in [-0.39, 0.29) is 19.5 Å². The number of hydrogen-bond acceptors (Lipinski definition) is 3. The van der Waals surface area contributed by atoms with E-state index in [2.05, 4.69) is 17.4 Å². The monoisotopic (exact) mass is 444 g/mol. The second kappa shape index (κ2) is 11.0. The van der Waals surface area contributed by atoms with E-state index < -0.39 is 0 Å². The van der Waals surface area contributed by atoms with Crippen molar-refractivity contribution >= 4 is 26.1 Å². The van der Waals surface area contributed by atoms with Gasteiger partial charge in [-0.1, -0.05) is 68.4 Å². The molecular formula is C27H29N2O2P. The van der Waals surface area contributed by atoms with Crippen LogP contribution in [0.25, 0.3) is 17.2 Å². The number of rotatable bonds is 9. The van der Waals surface area contributed by atoms with Crippen LogP contribution in [0.1, 0.15) is 43.4 Å². The zero-order chi connectivity index (χ0) is 23.0. The van der Waals surface area contributed by atoms with E-state index in [1.165, 1.54) is 6.08 Å². The summed E-state index contributed by atoms with van der Waals surface area (Å²) in [6.07, 6.45) is 4.92. The number of carbonyl (C=O) groups is 1. The van der Waals surface area contributed by atoms with Gasteiger partial charge in [-0.25, -0.2) is 0 Å². The smallest absolute Gasteiger partial charge is 0.248 e. The van der Waals surface area contributed by atoms with Crippen molar-refractivity contribution < 1.29 is 9.36 Å². The first-order valence-corrected chi connectivity index (χ1v) is 11.7. The van der Waals surface area contributed by atoms with Gasteiger partial charge >= 0.3 is 0 Å². The van der Waals surface area contributed by atoms with Crippen LogP contribution in [-0.2, 0) is 21.1 Å². The molecule has 0 saturated carbocycles. The summed E-state index contributed by atoms with van der Waals surface area (Å²) in [6, 6.07) is 23.8. The van der Waals surface area contributed by atoms with Gasteiger partial charge in [-0.05, 0) is 64.9 Å². The van der Waals surface area contributed by atoms with Crippen LogP contribution in [0.2, 0.25) is 0 Å². The van der Waals surface area contributed by atoms with Crippen LogP contribution in [0.5, 0.6) is 0 Å². The molecule has 5 heteroatoms. The summed E-state index contributed by atoms with van der Waals surface area (Å²) in [5, 5.41) is 2.52. The topological polar surface area (TPSA) is 72.2 Å². The predicted molar refractivity (Wildman–Crippen MR) is 134 cm³/mol. The van der Waals surface area contributed by atoms with Gasteiger partial charge < -0.3 is 11.1 Å². The Hall–Kier alpha value is -3.07. The van der Waals surface area contributed by atoms with Crippen molar-refractivity contribution in [2.24, 2.45) is 5.73 Å². The molecule has 0 aliphatic heterocycles. The Kier molecular flexibility index (Phi) is 8.10. The molecule has 1 amide bonds. The van der Waals surface area contributed by atoms with Crippen LogP contribution in [-0.4, -0.2) is 5.91 Å². The Morgan fingerprint density at radius 2 is 1.66 bits per heavy atom. The third kappa shape index (κ3) is 5.59. The van der Waals surface area contributed by atoms with Gasteiger partial charge in [0, 0.05) is 18.3 Å². The molecule has 0 heterocycles. The fourth-order valence-electron chi connectivity index (χ4n) is 3.71. The highest BCUT2D eigenvalue weighted by atomic mass is 31.1. The summed E-state index contributed by atoms with van der Waals surface area (Å²) in [5.74, 6) is -0.199. The molecule has 164 valence electrons. The van der Waals surface area contributed by atoms with Crippen LogP contribution < -0.4 is 11.1 Å². The van der Waals surface area contributed by atoms with E-state index in [1.807, 2.05) is 74.5 Å². The van der Waals surface area contributed by atoms with Gasteiger partial charge in [0.1, 0.15) is 0 Å². The zero-order valence-electron chi connectivity index (χ0n) is 18.5. The fourth-order valence-corrected chi connectivity index (χ4v) is 4.23. The molecule has 0 bridgehead atoms. The van der Waals surface area contributed by atoms with Crippen LogP contribution in [0.4, 0.5) is 5.69 Å². The van der Waals surface area contributed by atoms with E-state index in [1.54, 1.807) is 6.08 Å². The normalized spacial score (nSPS) is 11.7. The molecule has 0 aliphatic carbocycles.